The lowest BCUT2D eigenvalue weighted by Gasteiger charge is -2.17. The second-order valence-corrected chi connectivity index (χ2v) is 9.02. The summed E-state index contributed by atoms with van der Waals surface area (Å²) in [6.45, 7) is 0.116. The fraction of sp³-hybridized carbons (Fsp3) is 0.190. The first-order chi connectivity index (χ1) is 15.0. The van der Waals surface area contributed by atoms with E-state index in [4.69, 9.17) is 5.26 Å². The largest absolute Gasteiger partial charge is 0.309 e. The highest BCUT2D eigenvalue weighted by Crippen LogP contribution is 2.31. The van der Waals surface area contributed by atoms with E-state index in [2.05, 4.69) is 21.6 Å². The van der Waals surface area contributed by atoms with Crippen molar-refractivity contribution in [2.45, 2.75) is 16.5 Å². The number of hydrogen-bond acceptors (Lipinski definition) is 7. The van der Waals surface area contributed by atoms with Crippen LogP contribution in [0.3, 0.4) is 0 Å². The Labute approximate surface area is 185 Å². The summed E-state index contributed by atoms with van der Waals surface area (Å²) in [5, 5.41) is 20.0. The molecule has 1 aromatic heterocycles. The summed E-state index contributed by atoms with van der Waals surface area (Å²) in [5.41, 5.74) is 1.83. The molecule has 31 heavy (non-hydrogen) atoms. The molecule has 1 fully saturated rings. The molecule has 1 N–H and O–H groups in total. The van der Waals surface area contributed by atoms with Gasteiger partial charge in [-0.1, -0.05) is 47.4 Å². The van der Waals surface area contributed by atoms with Gasteiger partial charge in [0.25, 0.3) is 0 Å². The number of nitrogens with zero attached hydrogens (tertiary/aromatic N) is 4. The van der Waals surface area contributed by atoms with Gasteiger partial charge in [-0.25, -0.2) is 4.39 Å². The molecule has 0 unspecified atom stereocenters. The van der Waals surface area contributed by atoms with Crippen molar-refractivity contribution in [2.24, 2.45) is 5.92 Å². The van der Waals surface area contributed by atoms with Crippen LogP contribution in [-0.2, 0) is 15.3 Å². The van der Waals surface area contributed by atoms with Crippen molar-refractivity contribution in [1.29, 1.82) is 5.26 Å². The first kappa shape index (κ1) is 21.0. The van der Waals surface area contributed by atoms with Gasteiger partial charge in [0.1, 0.15) is 5.82 Å². The number of halogens is 1. The maximum atomic E-state index is 14.0. The first-order valence-corrected chi connectivity index (χ1v) is 11.1. The number of carbonyl (C=O) groups is 2. The minimum atomic E-state index is -0.592. The number of aromatic nitrogens is 2. The highest BCUT2D eigenvalue weighted by molar-refractivity contribution is 8.00. The molecule has 7 nitrogen and oxygen atoms in total. The van der Waals surface area contributed by atoms with Crippen molar-refractivity contribution in [3.05, 3.63) is 65.5 Å². The Morgan fingerprint density at radius 1 is 1.26 bits per heavy atom. The number of thioether (sulfide) groups is 1. The minimum Gasteiger partial charge on any atom is -0.309 e. The van der Waals surface area contributed by atoms with Gasteiger partial charge in [-0.15, -0.1) is 10.2 Å². The summed E-state index contributed by atoms with van der Waals surface area (Å²) in [6, 6.07) is 15.4. The van der Waals surface area contributed by atoms with E-state index in [1.54, 1.807) is 24.3 Å². The zero-order valence-electron chi connectivity index (χ0n) is 16.1. The van der Waals surface area contributed by atoms with Crippen molar-refractivity contribution in [3.8, 4) is 6.07 Å². The van der Waals surface area contributed by atoms with E-state index in [0.29, 0.717) is 20.8 Å². The van der Waals surface area contributed by atoms with Gasteiger partial charge in [0.2, 0.25) is 16.9 Å². The number of para-hydroxylation sites is 1. The Kier molecular flexibility index (Phi) is 6.25. The Bertz CT molecular complexity index is 1160. The molecule has 156 valence electrons. The summed E-state index contributed by atoms with van der Waals surface area (Å²) in [6.07, 6.45) is 0.0132. The Morgan fingerprint density at radius 3 is 2.77 bits per heavy atom. The second-order valence-electron chi connectivity index (χ2n) is 6.82. The summed E-state index contributed by atoms with van der Waals surface area (Å²) >= 11 is 2.72. The Morgan fingerprint density at radius 2 is 2.03 bits per heavy atom. The molecule has 0 aliphatic carbocycles. The van der Waals surface area contributed by atoms with E-state index in [1.165, 1.54) is 40.1 Å². The molecular weight excluding hydrogens is 437 g/mol. The molecular formula is C21H16FN5O2S2. The molecule has 0 spiro atoms. The van der Waals surface area contributed by atoms with Gasteiger partial charge in [-0.2, -0.15) is 5.26 Å². The Balaban J connectivity index is 1.33. The van der Waals surface area contributed by atoms with E-state index in [1.807, 2.05) is 12.1 Å². The maximum Gasteiger partial charge on any atom is 0.231 e. The molecule has 3 aromatic rings. The third kappa shape index (κ3) is 4.90. The van der Waals surface area contributed by atoms with E-state index in [-0.39, 0.29) is 30.5 Å². The van der Waals surface area contributed by atoms with Crippen LogP contribution in [0.4, 0.5) is 15.2 Å². The van der Waals surface area contributed by atoms with Crippen molar-refractivity contribution >= 4 is 45.7 Å². The first-order valence-electron chi connectivity index (χ1n) is 9.34. The third-order valence-corrected chi connectivity index (χ3v) is 6.76. The molecule has 1 atom stereocenters. The van der Waals surface area contributed by atoms with Gasteiger partial charge < -0.3 is 10.2 Å². The van der Waals surface area contributed by atoms with Crippen LogP contribution in [0, 0.1) is 23.1 Å². The molecule has 1 saturated heterocycles. The SMILES string of the molecule is N#Cc1ccc(CSc2nnc(NC(=O)[C@@H]3CC(=O)N(c4ccccc4F)C3)s2)cc1. The maximum absolute atomic E-state index is 14.0. The van der Waals surface area contributed by atoms with Crippen LogP contribution in [0.25, 0.3) is 0 Å². The number of nitriles is 1. The monoisotopic (exact) mass is 453 g/mol. The number of benzene rings is 2. The fourth-order valence-corrected chi connectivity index (χ4v) is 4.84. The number of nitrogens with one attached hydrogen (secondary N) is 1. The topological polar surface area (TPSA) is 99.0 Å². The van der Waals surface area contributed by atoms with Crippen LogP contribution in [0.2, 0.25) is 0 Å². The average molecular weight is 454 g/mol. The molecule has 10 heteroatoms. The van der Waals surface area contributed by atoms with Gasteiger partial charge in [-0.3, -0.25) is 9.59 Å². The van der Waals surface area contributed by atoms with Crippen LogP contribution < -0.4 is 10.2 Å². The molecule has 1 aliphatic heterocycles. The lowest BCUT2D eigenvalue weighted by Crippen LogP contribution is -2.28. The number of rotatable bonds is 6. The predicted molar refractivity (Wildman–Crippen MR) is 116 cm³/mol. The van der Waals surface area contributed by atoms with Gasteiger partial charge >= 0.3 is 0 Å². The molecule has 0 bridgehead atoms. The average Bonchev–Trinajstić information content (AvgIpc) is 3.39. The molecule has 0 saturated carbocycles. The highest BCUT2D eigenvalue weighted by Gasteiger charge is 2.36. The number of carbonyl (C=O) groups excluding carboxylic acids is 2. The van der Waals surface area contributed by atoms with Gasteiger partial charge in [0.15, 0.2) is 4.34 Å². The highest BCUT2D eigenvalue weighted by atomic mass is 32.2. The van der Waals surface area contributed by atoms with E-state index in [0.717, 1.165) is 5.56 Å². The van der Waals surface area contributed by atoms with E-state index < -0.39 is 11.7 Å². The standard InChI is InChI=1S/C21H16FN5O2S2/c22-16-3-1-2-4-17(16)27-11-15(9-18(27)28)19(29)24-20-25-26-21(31-20)30-12-14-7-5-13(10-23)6-8-14/h1-8,15H,9,11-12H2,(H,24,25,29)/t15-/m1/s1. The van der Waals surface area contributed by atoms with Crippen LogP contribution >= 0.6 is 23.1 Å². The quantitative estimate of drug-likeness (QED) is 0.450. The van der Waals surface area contributed by atoms with Crippen LogP contribution in [0.1, 0.15) is 17.5 Å². The zero-order chi connectivity index (χ0) is 21.8. The Hall–Kier alpha value is -3.29. The molecule has 2 heterocycles. The van der Waals surface area contributed by atoms with Crippen molar-refractivity contribution in [3.63, 3.8) is 0 Å². The van der Waals surface area contributed by atoms with Crippen molar-refractivity contribution < 1.29 is 14.0 Å². The molecule has 2 aromatic carbocycles. The zero-order valence-corrected chi connectivity index (χ0v) is 17.8. The van der Waals surface area contributed by atoms with Gasteiger partial charge in [0.05, 0.1) is 23.2 Å². The molecule has 4 rings (SSSR count). The van der Waals surface area contributed by atoms with Gasteiger partial charge in [0, 0.05) is 18.7 Å². The third-order valence-electron chi connectivity index (χ3n) is 4.72. The smallest absolute Gasteiger partial charge is 0.231 e. The van der Waals surface area contributed by atoms with Crippen molar-refractivity contribution in [1.82, 2.24) is 10.2 Å². The van der Waals surface area contributed by atoms with Crippen LogP contribution in [0.5, 0.6) is 0 Å². The minimum absolute atomic E-state index is 0.0132. The molecule has 2 amide bonds. The number of anilines is 2. The number of hydrogen-bond donors (Lipinski definition) is 1. The number of amides is 2. The van der Waals surface area contributed by atoms with Gasteiger partial charge in [-0.05, 0) is 29.8 Å². The summed E-state index contributed by atoms with van der Waals surface area (Å²) in [5.74, 6) is -1.06. The van der Waals surface area contributed by atoms with E-state index >= 15 is 0 Å². The lowest BCUT2D eigenvalue weighted by atomic mass is 10.1. The van der Waals surface area contributed by atoms with Crippen molar-refractivity contribution in [2.75, 3.05) is 16.8 Å². The fourth-order valence-electron chi connectivity index (χ4n) is 3.13. The molecule has 0 radical (unpaired) electrons. The van der Waals surface area contributed by atoms with Crippen LogP contribution in [0.15, 0.2) is 52.9 Å². The lowest BCUT2D eigenvalue weighted by molar-refractivity contribution is -0.122. The summed E-state index contributed by atoms with van der Waals surface area (Å²) in [7, 11) is 0. The van der Waals surface area contributed by atoms with E-state index in [9.17, 15) is 14.0 Å². The summed E-state index contributed by atoms with van der Waals surface area (Å²) in [4.78, 5) is 26.2. The summed E-state index contributed by atoms with van der Waals surface area (Å²) < 4.78 is 14.7. The second kappa shape index (κ2) is 9.24. The molecule has 1 aliphatic rings. The normalized spacial score (nSPS) is 15.7. The van der Waals surface area contributed by atoms with Crippen LogP contribution in [-0.4, -0.2) is 28.6 Å². The predicted octanol–water partition coefficient (Wildman–Crippen LogP) is 3.83.